The molecule has 0 aliphatic carbocycles. The molecule has 1 atom stereocenters. The molecular formula is C10H22O6. The highest BCUT2D eigenvalue weighted by Gasteiger charge is 2.03. The zero-order valence-corrected chi connectivity index (χ0v) is 9.54. The van der Waals surface area contributed by atoms with E-state index in [0.29, 0.717) is 12.8 Å². The van der Waals surface area contributed by atoms with Crippen molar-refractivity contribution in [2.75, 3.05) is 19.8 Å². The largest absolute Gasteiger partial charge is 0.481 e. The number of carbonyl (C=O) groups is 1. The Balaban J connectivity index is 0. The van der Waals surface area contributed by atoms with Crippen molar-refractivity contribution in [2.24, 2.45) is 5.92 Å². The molecule has 0 spiro atoms. The third kappa shape index (κ3) is 15.8. The fourth-order valence-corrected chi connectivity index (χ4v) is 0.873. The van der Waals surface area contributed by atoms with Gasteiger partial charge in [0.25, 0.3) is 0 Å². The molecule has 6 nitrogen and oxygen atoms in total. The van der Waals surface area contributed by atoms with E-state index in [1.165, 1.54) is 6.92 Å². The van der Waals surface area contributed by atoms with Crippen molar-refractivity contribution in [2.45, 2.75) is 32.3 Å². The summed E-state index contributed by atoms with van der Waals surface area (Å²) in [6, 6.07) is 0. The smallest absolute Gasteiger partial charge is 0.305 e. The van der Waals surface area contributed by atoms with E-state index in [9.17, 15) is 4.79 Å². The highest BCUT2D eigenvalue weighted by Crippen LogP contribution is 2.02. The Morgan fingerprint density at radius 2 is 1.69 bits per heavy atom. The van der Waals surface area contributed by atoms with Crippen LogP contribution in [0.3, 0.4) is 0 Å². The minimum Gasteiger partial charge on any atom is -0.481 e. The van der Waals surface area contributed by atoms with E-state index >= 15 is 0 Å². The number of hydrogen-bond acceptors (Lipinski definition) is 5. The highest BCUT2D eigenvalue weighted by molar-refractivity contribution is 5.67. The predicted octanol–water partition coefficient (Wildman–Crippen LogP) is -0.798. The highest BCUT2D eigenvalue weighted by atomic mass is 16.4. The van der Waals surface area contributed by atoms with Gasteiger partial charge in [0.05, 0.1) is 12.5 Å². The molecule has 0 aliphatic heterocycles. The van der Waals surface area contributed by atoms with Crippen molar-refractivity contribution < 1.29 is 30.3 Å². The lowest BCUT2D eigenvalue weighted by atomic mass is 10.1. The van der Waals surface area contributed by atoms with Gasteiger partial charge in [-0.05, 0) is 19.8 Å². The first-order valence-corrected chi connectivity index (χ1v) is 5.20. The van der Waals surface area contributed by atoms with Crippen LogP contribution in [-0.4, -0.2) is 57.4 Å². The maximum Gasteiger partial charge on any atom is 0.305 e. The number of hydrogen-bond donors (Lipinski definition) is 5. The standard InChI is InChI=1S/C6H14O3.C4H8O3/c7-3-1-2-6(4-8)5-9;1-3(5)2-4(6)7/h6-9H,1-5H2;3,5H,2H2,1H3,(H,6,7). The van der Waals surface area contributed by atoms with Crippen molar-refractivity contribution in [3.63, 3.8) is 0 Å². The summed E-state index contributed by atoms with van der Waals surface area (Å²) in [4.78, 5) is 9.65. The predicted molar refractivity (Wildman–Crippen MR) is 57.9 cm³/mol. The summed E-state index contributed by atoms with van der Waals surface area (Å²) in [6.07, 6.45) is 0.465. The van der Waals surface area contributed by atoms with E-state index in [-0.39, 0.29) is 32.2 Å². The molecule has 16 heavy (non-hydrogen) atoms. The van der Waals surface area contributed by atoms with E-state index in [1.807, 2.05) is 0 Å². The monoisotopic (exact) mass is 238 g/mol. The molecule has 0 aromatic rings. The van der Waals surface area contributed by atoms with Gasteiger partial charge in [0.2, 0.25) is 0 Å². The molecule has 0 amide bonds. The summed E-state index contributed by atoms with van der Waals surface area (Å²) in [5, 5.41) is 41.6. The number of aliphatic hydroxyl groups excluding tert-OH is 4. The average Bonchev–Trinajstić information content (AvgIpc) is 2.18. The van der Waals surface area contributed by atoms with E-state index in [0.717, 1.165) is 0 Å². The summed E-state index contributed by atoms with van der Waals surface area (Å²) in [5.74, 6) is -1.01. The molecule has 98 valence electrons. The van der Waals surface area contributed by atoms with Crippen LogP contribution in [-0.2, 0) is 4.79 Å². The lowest BCUT2D eigenvalue weighted by Gasteiger charge is -2.07. The van der Waals surface area contributed by atoms with Gasteiger partial charge in [0.1, 0.15) is 0 Å². The molecule has 0 saturated carbocycles. The molecular weight excluding hydrogens is 216 g/mol. The maximum absolute atomic E-state index is 9.65. The second-order valence-corrected chi connectivity index (χ2v) is 3.54. The number of aliphatic hydroxyl groups is 4. The Kier molecular flexibility index (Phi) is 13.7. The van der Waals surface area contributed by atoms with Gasteiger partial charge in [-0.3, -0.25) is 4.79 Å². The van der Waals surface area contributed by atoms with Gasteiger partial charge < -0.3 is 25.5 Å². The first-order valence-electron chi connectivity index (χ1n) is 5.20. The summed E-state index contributed by atoms with van der Waals surface area (Å²) in [6.45, 7) is 1.59. The van der Waals surface area contributed by atoms with E-state index < -0.39 is 12.1 Å². The summed E-state index contributed by atoms with van der Waals surface area (Å²) < 4.78 is 0. The molecule has 0 saturated heterocycles. The van der Waals surface area contributed by atoms with Crippen LogP contribution in [0.15, 0.2) is 0 Å². The Hall–Kier alpha value is -0.690. The van der Waals surface area contributed by atoms with Crippen LogP contribution in [0.25, 0.3) is 0 Å². The molecule has 0 aromatic heterocycles. The molecule has 1 unspecified atom stereocenters. The summed E-state index contributed by atoms with van der Waals surface area (Å²) >= 11 is 0. The van der Waals surface area contributed by atoms with Gasteiger partial charge >= 0.3 is 5.97 Å². The Morgan fingerprint density at radius 1 is 1.19 bits per heavy atom. The fraction of sp³-hybridized carbons (Fsp3) is 0.900. The average molecular weight is 238 g/mol. The van der Waals surface area contributed by atoms with E-state index in [1.54, 1.807) is 0 Å². The summed E-state index contributed by atoms with van der Waals surface area (Å²) in [7, 11) is 0. The van der Waals surface area contributed by atoms with Crippen LogP contribution in [0.2, 0.25) is 0 Å². The minimum atomic E-state index is -0.963. The fourth-order valence-electron chi connectivity index (χ4n) is 0.873. The van der Waals surface area contributed by atoms with Gasteiger partial charge in [0, 0.05) is 25.7 Å². The Morgan fingerprint density at radius 3 is 1.88 bits per heavy atom. The third-order valence-corrected chi connectivity index (χ3v) is 1.76. The van der Waals surface area contributed by atoms with Crippen molar-refractivity contribution >= 4 is 5.97 Å². The second kappa shape index (κ2) is 12.4. The van der Waals surface area contributed by atoms with Gasteiger partial charge in [-0.25, -0.2) is 0 Å². The lowest BCUT2D eigenvalue weighted by molar-refractivity contribution is -0.138. The van der Waals surface area contributed by atoms with Crippen LogP contribution in [0.1, 0.15) is 26.2 Å². The molecule has 6 heteroatoms. The van der Waals surface area contributed by atoms with E-state index in [2.05, 4.69) is 0 Å². The molecule has 0 radical (unpaired) electrons. The number of aliphatic carboxylic acids is 1. The first-order chi connectivity index (χ1) is 7.47. The Bertz CT molecular complexity index is 155. The number of rotatable bonds is 7. The second-order valence-electron chi connectivity index (χ2n) is 3.54. The van der Waals surface area contributed by atoms with Crippen molar-refractivity contribution in [3.05, 3.63) is 0 Å². The molecule has 0 fully saturated rings. The van der Waals surface area contributed by atoms with Gasteiger partial charge in [-0.15, -0.1) is 0 Å². The van der Waals surface area contributed by atoms with Crippen molar-refractivity contribution in [3.8, 4) is 0 Å². The maximum atomic E-state index is 9.65. The van der Waals surface area contributed by atoms with Gasteiger partial charge in [-0.2, -0.15) is 0 Å². The van der Waals surface area contributed by atoms with E-state index in [4.69, 9.17) is 25.5 Å². The third-order valence-electron chi connectivity index (χ3n) is 1.76. The van der Waals surface area contributed by atoms with Crippen LogP contribution in [0.5, 0.6) is 0 Å². The molecule has 0 aromatic carbocycles. The van der Waals surface area contributed by atoms with Gasteiger partial charge in [0.15, 0.2) is 0 Å². The first kappa shape index (κ1) is 17.7. The van der Waals surface area contributed by atoms with Crippen LogP contribution >= 0.6 is 0 Å². The minimum absolute atomic E-state index is 0.0104. The van der Waals surface area contributed by atoms with Crippen LogP contribution in [0.4, 0.5) is 0 Å². The molecule has 0 rings (SSSR count). The zero-order chi connectivity index (χ0) is 13.0. The topological polar surface area (TPSA) is 118 Å². The summed E-state index contributed by atoms with van der Waals surface area (Å²) in [5.41, 5.74) is 0. The zero-order valence-electron chi connectivity index (χ0n) is 9.54. The van der Waals surface area contributed by atoms with Crippen LogP contribution in [0, 0.1) is 5.92 Å². The van der Waals surface area contributed by atoms with Crippen molar-refractivity contribution in [1.29, 1.82) is 0 Å². The molecule has 0 heterocycles. The van der Waals surface area contributed by atoms with Gasteiger partial charge in [-0.1, -0.05) is 0 Å². The number of carboxylic acids is 1. The Labute approximate surface area is 95.2 Å². The normalized spacial score (nSPS) is 11.9. The van der Waals surface area contributed by atoms with Crippen LogP contribution < -0.4 is 0 Å². The molecule has 0 aliphatic rings. The lowest BCUT2D eigenvalue weighted by Crippen LogP contribution is -2.11. The number of carboxylic acid groups (broad SMARTS) is 1. The van der Waals surface area contributed by atoms with Crippen molar-refractivity contribution in [1.82, 2.24) is 0 Å². The molecule has 5 N–H and O–H groups in total. The quantitative estimate of drug-likeness (QED) is 0.396. The molecule has 0 bridgehead atoms. The SMILES string of the molecule is CC(O)CC(=O)O.OCCCC(CO)CO.